The predicted molar refractivity (Wildman–Crippen MR) is 72.3 cm³/mol. The Hall–Kier alpha value is -2.64. The van der Waals surface area contributed by atoms with Crippen molar-refractivity contribution in [3.05, 3.63) is 28.3 Å². The molecule has 1 amide bonds. The standard InChI is InChI=1S/C13H14N2O6/c1-7(2)12-13(18)14(6-11(16)17)9-5-8(15(19)20)3-4-10(9)21-12/h3-5,7,12H,6H2,1-2H3,(H,16,17). The van der Waals surface area contributed by atoms with Gasteiger partial charge in [0.05, 0.1) is 10.6 Å². The van der Waals surface area contributed by atoms with Crippen molar-refractivity contribution in [1.29, 1.82) is 0 Å². The van der Waals surface area contributed by atoms with E-state index in [0.717, 1.165) is 11.0 Å². The highest BCUT2D eigenvalue weighted by Crippen LogP contribution is 2.38. The highest BCUT2D eigenvalue weighted by atomic mass is 16.6. The Morgan fingerprint density at radius 3 is 2.71 bits per heavy atom. The summed E-state index contributed by atoms with van der Waals surface area (Å²) in [5.41, 5.74) is -0.128. The van der Waals surface area contributed by atoms with Gasteiger partial charge in [-0.05, 0) is 12.0 Å². The number of hydrogen-bond donors (Lipinski definition) is 1. The van der Waals surface area contributed by atoms with Crippen molar-refractivity contribution < 1.29 is 24.4 Å². The average molecular weight is 294 g/mol. The van der Waals surface area contributed by atoms with Gasteiger partial charge in [-0.2, -0.15) is 0 Å². The summed E-state index contributed by atoms with van der Waals surface area (Å²) < 4.78 is 5.55. The van der Waals surface area contributed by atoms with Crippen LogP contribution >= 0.6 is 0 Å². The molecule has 0 fully saturated rings. The minimum absolute atomic E-state index is 0.105. The number of nitro groups is 1. The second-order valence-electron chi connectivity index (χ2n) is 5.01. The zero-order valence-corrected chi connectivity index (χ0v) is 11.5. The van der Waals surface area contributed by atoms with Crippen LogP contribution in [0.25, 0.3) is 0 Å². The largest absolute Gasteiger partial charge is 0.480 e. The molecule has 8 heteroatoms. The molecule has 1 unspecified atom stereocenters. The number of carboxylic acid groups (broad SMARTS) is 1. The minimum atomic E-state index is -1.20. The normalized spacial score (nSPS) is 17.4. The third-order valence-electron chi connectivity index (χ3n) is 3.11. The predicted octanol–water partition coefficient (Wildman–Crippen LogP) is 1.43. The number of hydrogen-bond acceptors (Lipinski definition) is 5. The van der Waals surface area contributed by atoms with Crippen LogP contribution in [0.4, 0.5) is 11.4 Å². The third kappa shape index (κ3) is 2.78. The van der Waals surface area contributed by atoms with Crippen molar-refractivity contribution >= 4 is 23.3 Å². The van der Waals surface area contributed by atoms with E-state index in [1.54, 1.807) is 13.8 Å². The van der Waals surface area contributed by atoms with E-state index in [2.05, 4.69) is 0 Å². The lowest BCUT2D eigenvalue weighted by Gasteiger charge is -2.34. The summed E-state index contributed by atoms with van der Waals surface area (Å²) in [5.74, 6) is -1.61. The molecule has 1 heterocycles. The van der Waals surface area contributed by atoms with E-state index in [1.807, 2.05) is 0 Å². The first-order valence-corrected chi connectivity index (χ1v) is 6.29. The van der Waals surface area contributed by atoms with E-state index < -0.39 is 29.4 Å². The van der Waals surface area contributed by atoms with E-state index in [4.69, 9.17) is 9.84 Å². The van der Waals surface area contributed by atoms with Crippen LogP contribution in [0.2, 0.25) is 0 Å². The highest BCUT2D eigenvalue weighted by molar-refractivity contribution is 6.03. The lowest BCUT2D eigenvalue weighted by Crippen LogP contribution is -2.50. The fraction of sp³-hybridized carbons (Fsp3) is 0.385. The summed E-state index contributed by atoms with van der Waals surface area (Å²) in [6.45, 7) is 2.98. The molecule has 1 aliphatic heterocycles. The number of fused-ring (bicyclic) bond motifs is 1. The quantitative estimate of drug-likeness (QED) is 0.664. The van der Waals surface area contributed by atoms with E-state index >= 15 is 0 Å². The Labute approximate surface area is 120 Å². The van der Waals surface area contributed by atoms with Gasteiger partial charge in [-0.1, -0.05) is 13.8 Å². The third-order valence-corrected chi connectivity index (χ3v) is 3.11. The Morgan fingerprint density at radius 1 is 1.52 bits per heavy atom. The van der Waals surface area contributed by atoms with Gasteiger partial charge in [0.25, 0.3) is 11.6 Å². The van der Waals surface area contributed by atoms with E-state index in [1.165, 1.54) is 12.1 Å². The molecule has 2 rings (SSSR count). The van der Waals surface area contributed by atoms with Crippen LogP contribution < -0.4 is 9.64 Å². The molecule has 0 spiro atoms. The topological polar surface area (TPSA) is 110 Å². The Balaban J connectivity index is 2.51. The highest BCUT2D eigenvalue weighted by Gasteiger charge is 2.38. The van der Waals surface area contributed by atoms with Gasteiger partial charge in [0.15, 0.2) is 6.10 Å². The monoisotopic (exact) mass is 294 g/mol. The van der Waals surface area contributed by atoms with Crippen LogP contribution in [-0.4, -0.2) is 34.6 Å². The molecule has 8 nitrogen and oxygen atoms in total. The van der Waals surface area contributed by atoms with Crippen molar-refractivity contribution in [3.63, 3.8) is 0 Å². The first-order chi connectivity index (χ1) is 9.81. The van der Waals surface area contributed by atoms with Crippen molar-refractivity contribution in [2.45, 2.75) is 20.0 Å². The minimum Gasteiger partial charge on any atom is -0.480 e. The van der Waals surface area contributed by atoms with Crippen LogP contribution in [0.3, 0.4) is 0 Å². The number of ether oxygens (including phenoxy) is 1. The number of rotatable bonds is 4. The molecule has 0 saturated carbocycles. The van der Waals surface area contributed by atoms with Crippen LogP contribution in [0.15, 0.2) is 18.2 Å². The second kappa shape index (κ2) is 5.39. The molecule has 1 aromatic carbocycles. The zero-order chi connectivity index (χ0) is 15.7. The second-order valence-corrected chi connectivity index (χ2v) is 5.01. The average Bonchev–Trinajstić information content (AvgIpc) is 2.40. The lowest BCUT2D eigenvalue weighted by atomic mass is 10.0. The molecule has 0 bridgehead atoms. The van der Waals surface area contributed by atoms with Crippen molar-refractivity contribution in [1.82, 2.24) is 0 Å². The molecule has 1 aliphatic rings. The Kier molecular flexibility index (Phi) is 3.79. The zero-order valence-electron chi connectivity index (χ0n) is 11.5. The van der Waals surface area contributed by atoms with Gasteiger partial charge in [-0.25, -0.2) is 0 Å². The molecule has 0 saturated heterocycles. The molecule has 1 atom stereocenters. The molecule has 21 heavy (non-hydrogen) atoms. The number of nitrogens with zero attached hydrogens (tertiary/aromatic N) is 2. The van der Waals surface area contributed by atoms with Gasteiger partial charge in [0.1, 0.15) is 12.3 Å². The molecular weight excluding hydrogens is 280 g/mol. The molecule has 1 aromatic rings. The SMILES string of the molecule is CC(C)C1Oc2ccc([N+](=O)[O-])cc2N(CC(=O)O)C1=O. The lowest BCUT2D eigenvalue weighted by molar-refractivity contribution is -0.384. The van der Waals surface area contributed by atoms with Gasteiger partial charge >= 0.3 is 5.97 Å². The fourth-order valence-corrected chi connectivity index (χ4v) is 2.11. The van der Waals surface area contributed by atoms with Crippen LogP contribution in [-0.2, 0) is 9.59 Å². The van der Waals surface area contributed by atoms with Crippen molar-refractivity contribution in [2.24, 2.45) is 5.92 Å². The van der Waals surface area contributed by atoms with Crippen molar-refractivity contribution in [2.75, 3.05) is 11.4 Å². The Morgan fingerprint density at radius 2 is 2.19 bits per heavy atom. The molecule has 0 radical (unpaired) electrons. The number of aliphatic carboxylic acids is 1. The van der Waals surface area contributed by atoms with Gasteiger partial charge in [0.2, 0.25) is 0 Å². The van der Waals surface area contributed by atoms with E-state index in [-0.39, 0.29) is 23.0 Å². The van der Waals surface area contributed by atoms with Crippen LogP contribution in [0, 0.1) is 16.0 Å². The molecule has 1 N–H and O–H groups in total. The molecular formula is C13H14N2O6. The maximum Gasteiger partial charge on any atom is 0.323 e. The number of non-ortho nitro benzene ring substituents is 1. The maximum atomic E-state index is 12.3. The van der Waals surface area contributed by atoms with Crippen LogP contribution in [0.5, 0.6) is 5.75 Å². The number of anilines is 1. The summed E-state index contributed by atoms with van der Waals surface area (Å²) in [6, 6.07) is 3.78. The number of carbonyl (C=O) groups is 2. The number of carbonyl (C=O) groups excluding carboxylic acids is 1. The number of carboxylic acids is 1. The number of amides is 1. The van der Waals surface area contributed by atoms with E-state index in [0.29, 0.717) is 0 Å². The summed E-state index contributed by atoms with van der Waals surface area (Å²) in [5, 5.41) is 19.8. The van der Waals surface area contributed by atoms with Crippen LogP contribution in [0.1, 0.15) is 13.8 Å². The number of benzene rings is 1. The number of nitro benzene ring substituents is 1. The summed E-state index contributed by atoms with van der Waals surface area (Å²) in [4.78, 5) is 34.5. The van der Waals surface area contributed by atoms with E-state index in [9.17, 15) is 19.7 Å². The first kappa shape index (κ1) is 14.8. The first-order valence-electron chi connectivity index (χ1n) is 6.29. The fourth-order valence-electron chi connectivity index (χ4n) is 2.11. The Bertz CT molecular complexity index is 613. The maximum absolute atomic E-state index is 12.3. The molecule has 0 aliphatic carbocycles. The van der Waals surface area contributed by atoms with Gasteiger partial charge in [-0.3, -0.25) is 24.6 Å². The summed E-state index contributed by atoms with van der Waals surface area (Å²) in [7, 11) is 0. The van der Waals surface area contributed by atoms with Gasteiger partial charge in [-0.15, -0.1) is 0 Å². The summed E-state index contributed by atoms with van der Waals surface area (Å²) in [6.07, 6.45) is -0.807. The van der Waals surface area contributed by atoms with Gasteiger partial charge in [0, 0.05) is 12.1 Å². The smallest absolute Gasteiger partial charge is 0.323 e. The molecule has 112 valence electrons. The molecule has 0 aromatic heterocycles. The summed E-state index contributed by atoms with van der Waals surface area (Å²) >= 11 is 0. The van der Waals surface area contributed by atoms with Crippen molar-refractivity contribution in [3.8, 4) is 5.75 Å². The van der Waals surface area contributed by atoms with Gasteiger partial charge < -0.3 is 9.84 Å².